The summed E-state index contributed by atoms with van der Waals surface area (Å²) in [5.74, 6) is -0.233. The van der Waals surface area contributed by atoms with Crippen LogP contribution in [0, 0.1) is 0 Å². The van der Waals surface area contributed by atoms with E-state index in [0.29, 0.717) is 11.4 Å². The largest absolute Gasteiger partial charge is 0.465 e. The molecule has 11 nitrogen and oxygen atoms in total. The molecule has 3 rings (SSSR count). The summed E-state index contributed by atoms with van der Waals surface area (Å²) in [4.78, 5) is 19.3. The molecule has 7 N–H and O–H groups in total. The minimum atomic E-state index is -3.92. The van der Waals surface area contributed by atoms with Crippen molar-refractivity contribution < 1.29 is 28.0 Å². The molecule has 1 aromatic heterocycles. The standard InChI is InChI=1S/C15H15N5O2.C2H6O4S/c1-8-12(9-5-3-2-4-6-9)20-13-10(17-8)7-11(18-14(13)16)19-15(21)22;3-1-2-7(4,5)6/h2-8,17H,1H3,(H,21,22)(H3,16,18,19);3H,1-2H2,(H,4,5,6)/t8-;/m0./s1. The maximum atomic E-state index is 10.7. The summed E-state index contributed by atoms with van der Waals surface area (Å²) >= 11 is 0. The average Bonchev–Trinajstić information content (AvgIpc) is 2.61. The monoisotopic (exact) mass is 423 g/mol. The van der Waals surface area contributed by atoms with Crippen molar-refractivity contribution in [1.29, 1.82) is 0 Å². The summed E-state index contributed by atoms with van der Waals surface area (Å²) in [6.07, 6.45) is -1.19. The number of hydrogen-bond acceptors (Lipinski definition) is 8. The summed E-state index contributed by atoms with van der Waals surface area (Å²) in [5, 5.41) is 22.1. The molecule has 0 aliphatic carbocycles. The van der Waals surface area contributed by atoms with Crippen LogP contribution in [-0.4, -0.2) is 58.4 Å². The van der Waals surface area contributed by atoms with Crippen molar-refractivity contribution in [1.82, 2.24) is 4.98 Å². The number of fused-ring (bicyclic) bond motifs is 1. The van der Waals surface area contributed by atoms with Gasteiger partial charge < -0.3 is 21.3 Å². The summed E-state index contributed by atoms with van der Waals surface area (Å²) < 4.78 is 27.1. The number of nitrogens with zero attached hydrogens (tertiary/aromatic N) is 2. The molecule has 2 aromatic rings. The van der Waals surface area contributed by atoms with Gasteiger partial charge in [0.1, 0.15) is 11.5 Å². The lowest BCUT2D eigenvalue weighted by Crippen LogP contribution is -2.30. The minimum absolute atomic E-state index is 0.0330. The quantitative estimate of drug-likeness (QED) is 0.396. The number of aliphatic hydroxyl groups is 1. The lowest BCUT2D eigenvalue weighted by atomic mass is 10.0. The maximum absolute atomic E-state index is 10.7. The number of anilines is 3. The van der Waals surface area contributed by atoms with Crippen LogP contribution in [0.25, 0.3) is 0 Å². The van der Waals surface area contributed by atoms with Crippen molar-refractivity contribution in [2.45, 2.75) is 13.0 Å². The Labute approximate surface area is 167 Å². The molecule has 0 fully saturated rings. The molecule has 1 aromatic carbocycles. The van der Waals surface area contributed by atoms with Gasteiger partial charge in [0.05, 0.1) is 29.8 Å². The van der Waals surface area contributed by atoms with E-state index in [2.05, 4.69) is 20.6 Å². The number of carboxylic acid groups (broad SMARTS) is 1. The van der Waals surface area contributed by atoms with E-state index in [1.807, 2.05) is 37.3 Å². The molecule has 0 saturated heterocycles. The summed E-state index contributed by atoms with van der Waals surface area (Å²) in [6, 6.07) is 11.3. The van der Waals surface area contributed by atoms with Crippen molar-refractivity contribution >= 4 is 44.9 Å². The first kappa shape index (κ1) is 22.1. The topological polar surface area (TPSA) is 187 Å². The Bertz CT molecular complexity index is 1010. The highest BCUT2D eigenvalue weighted by molar-refractivity contribution is 7.85. The fraction of sp³-hybridized carbons (Fsp3) is 0.235. The molecule has 156 valence electrons. The third kappa shape index (κ3) is 6.41. The number of benzene rings is 1. The normalized spacial score (nSPS) is 15.1. The van der Waals surface area contributed by atoms with Gasteiger partial charge in [0.2, 0.25) is 0 Å². The van der Waals surface area contributed by atoms with Crippen molar-refractivity contribution in [3.63, 3.8) is 0 Å². The van der Waals surface area contributed by atoms with Gasteiger partial charge >= 0.3 is 6.09 Å². The lowest BCUT2D eigenvalue weighted by molar-refractivity contribution is 0.209. The Hall–Kier alpha value is -3.22. The third-order valence-electron chi connectivity index (χ3n) is 3.69. The molecule has 0 saturated carbocycles. The lowest BCUT2D eigenvalue weighted by Gasteiger charge is -2.25. The van der Waals surface area contributed by atoms with E-state index in [0.717, 1.165) is 11.3 Å². The van der Waals surface area contributed by atoms with Crippen LogP contribution in [0.2, 0.25) is 0 Å². The number of aromatic nitrogens is 1. The molecule has 0 spiro atoms. The molecule has 12 heteroatoms. The van der Waals surface area contributed by atoms with Gasteiger partial charge in [-0.3, -0.25) is 9.87 Å². The molecule has 29 heavy (non-hydrogen) atoms. The number of aliphatic imine (C=N–C) groups is 1. The first-order valence-electron chi connectivity index (χ1n) is 8.37. The molecule has 1 aliphatic rings. The van der Waals surface area contributed by atoms with E-state index in [1.54, 1.807) is 6.07 Å². The fourth-order valence-corrected chi connectivity index (χ4v) is 2.75. The zero-order valence-electron chi connectivity index (χ0n) is 15.4. The van der Waals surface area contributed by atoms with Crippen molar-refractivity contribution in [3.05, 3.63) is 42.0 Å². The van der Waals surface area contributed by atoms with Crippen LogP contribution in [0.4, 0.5) is 27.8 Å². The molecule has 1 atom stereocenters. The number of amides is 1. The van der Waals surface area contributed by atoms with Gasteiger partial charge in [0, 0.05) is 6.07 Å². The van der Waals surface area contributed by atoms with Gasteiger partial charge in [-0.15, -0.1) is 0 Å². The fourth-order valence-electron chi connectivity index (χ4n) is 2.52. The van der Waals surface area contributed by atoms with Gasteiger partial charge in [0.25, 0.3) is 10.1 Å². The van der Waals surface area contributed by atoms with Crippen LogP contribution < -0.4 is 16.4 Å². The number of hydrogen-bond donors (Lipinski definition) is 6. The smallest absolute Gasteiger partial charge is 0.410 e. The van der Waals surface area contributed by atoms with Crippen molar-refractivity contribution in [3.8, 4) is 0 Å². The second-order valence-electron chi connectivity index (χ2n) is 5.96. The number of rotatable bonds is 4. The second kappa shape index (κ2) is 9.32. The van der Waals surface area contributed by atoms with Gasteiger partial charge in [-0.1, -0.05) is 30.3 Å². The second-order valence-corrected chi connectivity index (χ2v) is 7.53. The van der Waals surface area contributed by atoms with E-state index in [9.17, 15) is 13.2 Å². The molecule has 1 amide bonds. The summed E-state index contributed by atoms with van der Waals surface area (Å²) in [5.41, 5.74) is 8.95. The molecule has 0 radical (unpaired) electrons. The zero-order chi connectivity index (χ0) is 21.6. The molecule has 1 aliphatic heterocycles. The highest BCUT2D eigenvalue weighted by Gasteiger charge is 2.23. The molecular weight excluding hydrogens is 402 g/mol. The Morgan fingerprint density at radius 2 is 1.97 bits per heavy atom. The Morgan fingerprint density at radius 1 is 1.31 bits per heavy atom. The average molecular weight is 423 g/mol. The molecule has 0 unspecified atom stereocenters. The first-order valence-corrected chi connectivity index (χ1v) is 9.98. The predicted molar refractivity (Wildman–Crippen MR) is 110 cm³/mol. The van der Waals surface area contributed by atoms with Crippen molar-refractivity contribution in [2.75, 3.05) is 28.7 Å². The highest BCUT2D eigenvalue weighted by atomic mass is 32.2. The SMILES string of the molecule is C[C@@H]1Nc2cc(NC(=O)O)nc(N)c2N=C1c1ccccc1.O=S(=O)(O)CCO. The van der Waals surface area contributed by atoms with Crippen LogP contribution in [0.15, 0.2) is 41.4 Å². The zero-order valence-corrected chi connectivity index (χ0v) is 16.2. The van der Waals surface area contributed by atoms with Gasteiger partial charge in [-0.25, -0.2) is 14.8 Å². The van der Waals surface area contributed by atoms with E-state index >= 15 is 0 Å². The minimum Gasteiger partial charge on any atom is -0.465 e. The summed E-state index contributed by atoms with van der Waals surface area (Å²) in [7, 11) is -3.92. The van der Waals surface area contributed by atoms with E-state index in [4.69, 9.17) is 20.5 Å². The predicted octanol–water partition coefficient (Wildman–Crippen LogP) is 1.55. The molecule has 0 bridgehead atoms. The van der Waals surface area contributed by atoms with Crippen LogP contribution >= 0.6 is 0 Å². The number of nitrogens with two attached hydrogens (primary N) is 1. The molecule has 2 heterocycles. The number of carbonyl (C=O) groups is 1. The van der Waals surface area contributed by atoms with Crippen LogP contribution in [0.3, 0.4) is 0 Å². The van der Waals surface area contributed by atoms with Crippen LogP contribution in [0.5, 0.6) is 0 Å². The van der Waals surface area contributed by atoms with Gasteiger partial charge in [0.15, 0.2) is 5.82 Å². The van der Waals surface area contributed by atoms with E-state index in [-0.39, 0.29) is 17.7 Å². The number of pyridine rings is 1. The summed E-state index contributed by atoms with van der Waals surface area (Å²) in [6.45, 7) is 1.45. The highest BCUT2D eigenvalue weighted by Crippen LogP contribution is 2.37. The van der Waals surface area contributed by atoms with Gasteiger partial charge in [-0.05, 0) is 12.5 Å². The Morgan fingerprint density at radius 3 is 2.48 bits per heavy atom. The van der Waals surface area contributed by atoms with Crippen LogP contribution in [-0.2, 0) is 10.1 Å². The van der Waals surface area contributed by atoms with Crippen LogP contribution in [0.1, 0.15) is 12.5 Å². The molecular formula is C17H21N5O6S. The van der Waals surface area contributed by atoms with E-state index < -0.39 is 28.6 Å². The number of aliphatic hydroxyl groups excluding tert-OH is 1. The first-order chi connectivity index (χ1) is 13.6. The maximum Gasteiger partial charge on any atom is 0.410 e. The Balaban J connectivity index is 0.000000370. The Kier molecular flexibility index (Phi) is 7.09. The van der Waals surface area contributed by atoms with E-state index in [1.165, 1.54) is 0 Å². The number of nitrogens with one attached hydrogen (secondary N) is 2. The number of nitrogen functional groups attached to an aromatic ring is 1. The third-order valence-corrected chi connectivity index (χ3v) is 4.39. The van der Waals surface area contributed by atoms with Gasteiger partial charge in [-0.2, -0.15) is 8.42 Å². The van der Waals surface area contributed by atoms with Crippen molar-refractivity contribution in [2.24, 2.45) is 4.99 Å².